The van der Waals surface area contributed by atoms with Gasteiger partial charge in [0.05, 0.1) is 22.9 Å². The highest BCUT2D eigenvalue weighted by Gasteiger charge is 2.20. The van der Waals surface area contributed by atoms with Gasteiger partial charge in [0.2, 0.25) is 0 Å². The maximum atomic E-state index is 6.06. The summed E-state index contributed by atoms with van der Waals surface area (Å²) >= 11 is 9.48. The van der Waals surface area contributed by atoms with Crippen LogP contribution in [0.2, 0.25) is 5.02 Å². The smallest absolute Gasteiger partial charge is 0.183 e. The summed E-state index contributed by atoms with van der Waals surface area (Å²) in [7, 11) is 0. The van der Waals surface area contributed by atoms with Crippen LogP contribution in [0.5, 0.6) is 0 Å². The fourth-order valence-corrected chi connectivity index (χ4v) is 5.65. The molecule has 0 bridgehead atoms. The Bertz CT molecular complexity index is 1120. The second kappa shape index (κ2) is 9.38. The molecule has 0 aliphatic carbocycles. The molecule has 4 N–H and O–H groups in total. The zero-order valence-corrected chi connectivity index (χ0v) is 19.2. The molecule has 9 heteroatoms. The summed E-state index contributed by atoms with van der Waals surface area (Å²) in [5.74, 6) is 1.02. The van der Waals surface area contributed by atoms with Crippen LogP contribution in [0, 0.1) is 0 Å². The lowest BCUT2D eigenvalue weighted by Crippen LogP contribution is -2.17. The van der Waals surface area contributed by atoms with Crippen LogP contribution in [0.4, 0.5) is 10.8 Å². The summed E-state index contributed by atoms with van der Waals surface area (Å²) in [5, 5.41) is 16.1. The van der Waals surface area contributed by atoms with Crippen LogP contribution < -0.4 is 21.3 Å². The molecule has 0 amide bonds. The Hall–Kier alpha value is -2.42. The molecule has 0 radical (unpaired) electrons. The SMILES string of the molecule is Clc1ccc2nc(NCCc3ccc(NC4=N[C@@H](CC5=CNCN5)CS4)cc3)sc2c1. The number of benzene rings is 2. The van der Waals surface area contributed by atoms with E-state index >= 15 is 0 Å². The van der Waals surface area contributed by atoms with E-state index in [4.69, 9.17) is 16.6 Å². The minimum atomic E-state index is 0.329. The number of thioether (sulfide) groups is 1. The van der Waals surface area contributed by atoms with E-state index in [0.29, 0.717) is 6.04 Å². The number of hydrogen-bond donors (Lipinski definition) is 4. The summed E-state index contributed by atoms with van der Waals surface area (Å²) in [4.78, 5) is 9.42. The number of thiazole rings is 1. The van der Waals surface area contributed by atoms with Crippen LogP contribution in [-0.4, -0.2) is 35.2 Å². The fraction of sp³-hybridized carbons (Fsp3) is 0.273. The highest BCUT2D eigenvalue weighted by atomic mass is 35.5. The highest BCUT2D eigenvalue weighted by Crippen LogP contribution is 2.28. The Morgan fingerprint density at radius 3 is 2.90 bits per heavy atom. The summed E-state index contributed by atoms with van der Waals surface area (Å²) in [6.07, 6.45) is 3.94. The van der Waals surface area contributed by atoms with Crippen molar-refractivity contribution in [2.45, 2.75) is 18.9 Å². The molecular formula is C22H23ClN6S2. The normalized spacial score (nSPS) is 17.8. The fourth-order valence-electron chi connectivity index (χ4n) is 3.53. The molecule has 3 aromatic rings. The predicted octanol–water partition coefficient (Wildman–Crippen LogP) is 4.87. The standard InChI is InChI=1S/C22H23ClN6S2/c23-15-3-6-19-20(9-15)31-21(29-19)25-8-7-14-1-4-16(5-2-14)27-22-28-18(12-30-22)10-17-11-24-13-26-17/h1-6,9,11,18,24,26H,7-8,10,12-13H2,(H,25,29)(H,27,28)/t18-/m0/s1. The van der Waals surface area contributed by atoms with Crippen molar-refractivity contribution in [1.29, 1.82) is 0 Å². The molecule has 6 nitrogen and oxygen atoms in total. The molecule has 0 spiro atoms. The number of aromatic nitrogens is 1. The molecule has 0 saturated carbocycles. The number of nitrogens with one attached hydrogen (secondary N) is 4. The Balaban J connectivity index is 1.10. The lowest BCUT2D eigenvalue weighted by molar-refractivity contribution is 0.702. The van der Waals surface area contributed by atoms with Gasteiger partial charge in [0.1, 0.15) is 0 Å². The molecular weight excluding hydrogens is 448 g/mol. The van der Waals surface area contributed by atoms with E-state index in [1.54, 1.807) is 23.1 Å². The molecule has 2 aliphatic heterocycles. The largest absolute Gasteiger partial charge is 0.372 e. The van der Waals surface area contributed by atoms with Crippen LogP contribution in [0.15, 0.2) is 59.4 Å². The topological polar surface area (TPSA) is 73.4 Å². The predicted molar refractivity (Wildman–Crippen MR) is 134 cm³/mol. The molecule has 0 unspecified atom stereocenters. The highest BCUT2D eigenvalue weighted by molar-refractivity contribution is 8.14. The van der Waals surface area contributed by atoms with Gasteiger partial charge in [-0.1, -0.05) is 46.8 Å². The van der Waals surface area contributed by atoms with Gasteiger partial charge in [-0.05, 0) is 42.3 Å². The summed E-state index contributed by atoms with van der Waals surface area (Å²) < 4.78 is 1.10. The average molecular weight is 471 g/mol. The van der Waals surface area contributed by atoms with E-state index < -0.39 is 0 Å². The van der Waals surface area contributed by atoms with Crippen LogP contribution in [-0.2, 0) is 6.42 Å². The number of aliphatic imine (C=N–C) groups is 1. The van der Waals surface area contributed by atoms with Gasteiger partial charge in [0, 0.05) is 41.3 Å². The van der Waals surface area contributed by atoms with Crippen LogP contribution >= 0.6 is 34.7 Å². The third-order valence-corrected chi connectivity index (χ3v) is 7.35. The maximum absolute atomic E-state index is 6.06. The first-order valence-corrected chi connectivity index (χ1v) is 12.4. The monoisotopic (exact) mass is 470 g/mol. The number of hydrogen-bond acceptors (Lipinski definition) is 8. The van der Waals surface area contributed by atoms with Crippen molar-refractivity contribution in [3.05, 3.63) is 64.9 Å². The van der Waals surface area contributed by atoms with Gasteiger partial charge in [-0.15, -0.1) is 0 Å². The quantitative estimate of drug-likeness (QED) is 0.395. The van der Waals surface area contributed by atoms with E-state index in [0.717, 1.165) is 63.0 Å². The number of anilines is 2. The van der Waals surface area contributed by atoms with E-state index in [-0.39, 0.29) is 0 Å². The molecule has 5 rings (SSSR count). The van der Waals surface area contributed by atoms with E-state index in [9.17, 15) is 0 Å². The Kier molecular flexibility index (Phi) is 6.20. The van der Waals surface area contributed by atoms with Crippen molar-refractivity contribution in [3.63, 3.8) is 0 Å². The first-order chi connectivity index (χ1) is 15.2. The zero-order chi connectivity index (χ0) is 21.0. The molecule has 2 aromatic carbocycles. The second-order valence-corrected chi connectivity index (χ2v) is 9.94. The molecule has 1 aromatic heterocycles. The van der Waals surface area contributed by atoms with Crippen molar-refractivity contribution >= 4 is 60.9 Å². The van der Waals surface area contributed by atoms with E-state index in [2.05, 4.69) is 50.5 Å². The van der Waals surface area contributed by atoms with E-state index in [1.165, 1.54) is 11.3 Å². The molecule has 3 heterocycles. The van der Waals surface area contributed by atoms with Crippen molar-refractivity contribution < 1.29 is 0 Å². The molecule has 1 atom stereocenters. The minimum Gasteiger partial charge on any atom is -0.372 e. The number of fused-ring (bicyclic) bond motifs is 1. The van der Waals surface area contributed by atoms with Gasteiger partial charge in [-0.3, -0.25) is 4.99 Å². The van der Waals surface area contributed by atoms with Crippen molar-refractivity contribution in [1.82, 2.24) is 15.6 Å². The number of nitrogens with zero attached hydrogens (tertiary/aromatic N) is 2. The Morgan fingerprint density at radius 2 is 2.06 bits per heavy atom. The first kappa shape index (κ1) is 20.5. The van der Waals surface area contributed by atoms with Crippen LogP contribution in [0.25, 0.3) is 10.2 Å². The van der Waals surface area contributed by atoms with Gasteiger partial charge in [-0.2, -0.15) is 0 Å². The zero-order valence-electron chi connectivity index (χ0n) is 16.8. The average Bonchev–Trinajstić information content (AvgIpc) is 3.51. The third kappa shape index (κ3) is 5.26. The minimum absolute atomic E-state index is 0.329. The number of halogens is 1. The lowest BCUT2D eigenvalue weighted by atomic mass is 10.1. The maximum Gasteiger partial charge on any atom is 0.183 e. The molecule has 160 valence electrons. The Labute approximate surface area is 194 Å². The van der Waals surface area contributed by atoms with Crippen molar-refractivity contribution in [2.75, 3.05) is 29.6 Å². The number of amidine groups is 1. The first-order valence-electron chi connectivity index (χ1n) is 10.2. The van der Waals surface area contributed by atoms with Gasteiger partial charge < -0.3 is 21.3 Å². The third-order valence-electron chi connectivity index (χ3n) is 5.11. The number of rotatable bonds is 7. The molecule has 31 heavy (non-hydrogen) atoms. The van der Waals surface area contributed by atoms with Gasteiger partial charge in [-0.25, -0.2) is 4.98 Å². The van der Waals surface area contributed by atoms with Gasteiger partial charge >= 0.3 is 0 Å². The van der Waals surface area contributed by atoms with Crippen molar-refractivity contribution in [3.8, 4) is 0 Å². The Morgan fingerprint density at radius 1 is 1.16 bits per heavy atom. The summed E-state index contributed by atoms with van der Waals surface area (Å²) in [5.41, 5.74) is 4.58. The van der Waals surface area contributed by atoms with E-state index in [1.807, 2.05) is 24.4 Å². The lowest BCUT2D eigenvalue weighted by Gasteiger charge is -2.07. The molecule has 0 fully saturated rings. The van der Waals surface area contributed by atoms with Gasteiger partial charge in [0.25, 0.3) is 0 Å². The van der Waals surface area contributed by atoms with Crippen LogP contribution in [0.1, 0.15) is 12.0 Å². The molecule has 2 aliphatic rings. The summed E-state index contributed by atoms with van der Waals surface area (Å²) in [6.45, 7) is 1.66. The van der Waals surface area contributed by atoms with Gasteiger partial charge in [0.15, 0.2) is 10.3 Å². The van der Waals surface area contributed by atoms with Crippen LogP contribution in [0.3, 0.4) is 0 Å². The molecule has 0 saturated heterocycles. The second-order valence-electron chi connectivity index (χ2n) is 7.46. The van der Waals surface area contributed by atoms with Crippen molar-refractivity contribution in [2.24, 2.45) is 4.99 Å². The summed E-state index contributed by atoms with van der Waals surface area (Å²) in [6, 6.07) is 14.7.